The van der Waals surface area contributed by atoms with Gasteiger partial charge >= 0.3 is 0 Å². The van der Waals surface area contributed by atoms with Crippen LogP contribution in [0.3, 0.4) is 0 Å². The van der Waals surface area contributed by atoms with Gasteiger partial charge in [-0.2, -0.15) is 5.26 Å². The molecule has 1 amide bonds. The average Bonchev–Trinajstić information content (AvgIpc) is 2.46. The zero-order valence-corrected chi connectivity index (χ0v) is 11.0. The number of carbonyl (C=O) groups excluding carboxylic acids is 1. The summed E-state index contributed by atoms with van der Waals surface area (Å²) in [5.74, 6) is -0.429. The Labute approximate surface area is 112 Å². The molecule has 0 aliphatic heterocycles. The number of rotatable bonds is 2. The molecule has 1 aliphatic rings. The Kier molecular flexibility index (Phi) is 4.16. The maximum Gasteiger partial charge on any atom is 0.253 e. The first-order valence-corrected chi connectivity index (χ1v) is 6.54. The number of halogens is 1. The maximum atomic E-state index is 13.1. The molecule has 19 heavy (non-hydrogen) atoms. The molecule has 0 bridgehead atoms. The zero-order chi connectivity index (χ0) is 13.8. The average molecular weight is 260 g/mol. The second-order valence-corrected chi connectivity index (χ2v) is 5.06. The first-order valence-electron chi connectivity index (χ1n) is 6.54. The van der Waals surface area contributed by atoms with E-state index in [-0.39, 0.29) is 17.9 Å². The van der Waals surface area contributed by atoms with Crippen LogP contribution in [0, 0.1) is 23.1 Å². The lowest BCUT2D eigenvalue weighted by Crippen LogP contribution is -2.39. The number of nitriles is 1. The van der Waals surface area contributed by atoms with Crippen LogP contribution < -0.4 is 0 Å². The Morgan fingerprint density at radius 2 is 2.05 bits per heavy atom. The second-order valence-electron chi connectivity index (χ2n) is 5.06. The van der Waals surface area contributed by atoms with Crippen molar-refractivity contribution in [2.75, 3.05) is 7.05 Å². The largest absolute Gasteiger partial charge is 0.339 e. The maximum absolute atomic E-state index is 13.1. The van der Waals surface area contributed by atoms with Gasteiger partial charge in [0.2, 0.25) is 0 Å². The number of hydrogen-bond donors (Lipinski definition) is 0. The van der Waals surface area contributed by atoms with Crippen molar-refractivity contribution >= 4 is 5.91 Å². The first-order chi connectivity index (χ1) is 9.11. The minimum atomic E-state index is -0.396. The van der Waals surface area contributed by atoms with Gasteiger partial charge in [-0.15, -0.1) is 0 Å². The first kappa shape index (κ1) is 13.5. The van der Waals surface area contributed by atoms with Gasteiger partial charge in [0.25, 0.3) is 5.91 Å². The van der Waals surface area contributed by atoms with Crippen LogP contribution in [-0.2, 0) is 0 Å². The van der Waals surface area contributed by atoms with Crippen molar-refractivity contribution in [2.45, 2.75) is 31.7 Å². The van der Waals surface area contributed by atoms with Crippen molar-refractivity contribution in [3.63, 3.8) is 0 Å². The smallest absolute Gasteiger partial charge is 0.253 e. The molecule has 0 heterocycles. The lowest BCUT2D eigenvalue weighted by atomic mass is 9.86. The summed E-state index contributed by atoms with van der Waals surface area (Å²) in [5, 5.41) is 8.86. The Morgan fingerprint density at radius 1 is 1.37 bits per heavy atom. The molecule has 0 saturated heterocycles. The number of hydrogen-bond acceptors (Lipinski definition) is 2. The number of amides is 1. The van der Waals surface area contributed by atoms with E-state index in [0.717, 1.165) is 25.7 Å². The van der Waals surface area contributed by atoms with Gasteiger partial charge in [0.05, 0.1) is 6.07 Å². The molecule has 0 unspecified atom stereocenters. The van der Waals surface area contributed by atoms with E-state index in [1.165, 1.54) is 12.1 Å². The van der Waals surface area contributed by atoms with E-state index < -0.39 is 5.82 Å². The summed E-state index contributed by atoms with van der Waals surface area (Å²) in [4.78, 5) is 13.9. The topological polar surface area (TPSA) is 44.1 Å². The fourth-order valence-electron chi connectivity index (χ4n) is 2.58. The molecule has 1 aliphatic carbocycles. The van der Waals surface area contributed by atoms with E-state index in [1.807, 2.05) is 0 Å². The molecule has 100 valence electrons. The summed E-state index contributed by atoms with van der Waals surface area (Å²) in [6.45, 7) is 0. The monoisotopic (exact) mass is 260 g/mol. The third-order valence-electron chi connectivity index (χ3n) is 3.82. The van der Waals surface area contributed by atoms with Crippen LogP contribution in [-0.4, -0.2) is 23.9 Å². The second kappa shape index (κ2) is 5.83. The molecule has 0 N–H and O–H groups in total. The quantitative estimate of drug-likeness (QED) is 0.820. The lowest BCUT2D eigenvalue weighted by Gasteiger charge is -2.32. The van der Waals surface area contributed by atoms with Gasteiger partial charge in [0.15, 0.2) is 0 Å². The van der Waals surface area contributed by atoms with Gasteiger partial charge in [0, 0.05) is 24.6 Å². The summed E-state index contributed by atoms with van der Waals surface area (Å²) < 4.78 is 13.1. The van der Waals surface area contributed by atoms with Crippen LogP contribution in [0.4, 0.5) is 4.39 Å². The van der Waals surface area contributed by atoms with Crippen molar-refractivity contribution in [1.82, 2.24) is 4.90 Å². The van der Waals surface area contributed by atoms with Crippen molar-refractivity contribution in [2.24, 2.45) is 5.92 Å². The standard InChI is InChI=1S/C15H17FN2O/c1-18(14-7-5-11(10-17)6-8-14)15(19)12-3-2-4-13(16)9-12/h2-4,9,11,14H,5-8H2,1H3. The highest BCUT2D eigenvalue weighted by atomic mass is 19.1. The molecule has 4 heteroatoms. The van der Waals surface area contributed by atoms with Gasteiger partial charge in [-0.3, -0.25) is 4.79 Å². The normalized spacial score (nSPS) is 22.6. The summed E-state index contributed by atoms with van der Waals surface area (Å²) in [7, 11) is 1.75. The predicted octanol–water partition coefficient (Wildman–Crippen LogP) is 2.98. The molecule has 0 radical (unpaired) electrons. The number of carbonyl (C=O) groups is 1. The Hall–Kier alpha value is -1.89. The zero-order valence-electron chi connectivity index (χ0n) is 11.0. The van der Waals surface area contributed by atoms with Gasteiger partial charge in [-0.25, -0.2) is 4.39 Å². The van der Waals surface area contributed by atoms with Crippen LogP contribution in [0.25, 0.3) is 0 Å². The Morgan fingerprint density at radius 3 is 2.63 bits per heavy atom. The summed E-state index contributed by atoms with van der Waals surface area (Å²) in [6.07, 6.45) is 3.36. The fraction of sp³-hybridized carbons (Fsp3) is 0.467. The van der Waals surface area contributed by atoms with Crippen LogP contribution in [0.15, 0.2) is 24.3 Å². The van der Waals surface area contributed by atoms with Crippen molar-refractivity contribution in [1.29, 1.82) is 5.26 Å². The van der Waals surface area contributed by atoms with Crippen molar-refractivity contribution in [3.8, 4) is 6.07 Å². The van der Waals surface area contributed by atoms with E-state index in [0.29, 0.717) is 5.56 Å². The van der Waals surface area contributed by atoms with E-state index in [9.17, 15) is 9.18 Å². The molecule has 3 nitrogen and oxygen atoms in total. The van der Waals surface area contributed by atoms with Gasteiger partial charge < -0.3 is 4.90 Å². The molecule has 0 spiro atoms. The third-order valence-corrected chi connectivity index (χ3v) is 3.82. The fourth-order valence-corrected chi connectivity index (χ4v) is 2.58. The molecule has 0 aromatic heterocycles. The van der Waals surface area contributed by atoms with E-state index in [4.69, 9.17) is 5.26 Å². The summed E-state index contributed by atoms with van der Waals surface area (Å²) >= 11 is 0. The van der Waals surface area contributed by atoms with Crippen LogP contribution in [0.2, 0.25) is 0 Å². The van der Waals surface area contributed by atoms with Crippen molar-refractivity contribution < 1.29 is 9.18 Å². The van der Waals surface area contributed by atoms with Crippen LogP contribution in [0.5, 0.6) is 0 Å². The SMILES string of the molecule is CN(C(=O)c1cccc(F)c1)C1CCC(C#N)CC1. The molecule has 1 fully saturated rings. The van der Waals surface area contributed by atoms with E-state index in [1.54, 1.807) is 24.1 Å². The summed E-state index contributed by atoms with van der Waals surface area (Å²) in [6, 6.07) is 8.20. The molecule has 0 atom stereocenters. The molecular weight excluding hydrogens is 243 g/mol. The highest BCUT2D eigenvalue weighted by Gasteiger charge is 2.26. The highest BCUT2D eigenvalue weighted by Crippen LogP contribution is 2.27. The van der Waals surface area contributed by atoms with Crippen LogP contribution in [0.1, 0.15) is 36.0 Å². The van der Waals surface area contributed by atoms with Gasteiger partial charge in [-0.05, 0) is 43.9 Å². The third kappa shape index (κ3) is 3.11. The molecule has 1 aromatic rings. The number of nitrogens with zero attached hydrogens (tertiary/aromatic N) is 2. The Balaban J connectivity index is 2.02. The lowest BCUT2D eigenvalue weighted by molar-refractivity contribution is 0.0685. The Bertz CT molecular complexity index is 501. The number of benzene rings is 1. The minimum absolute atomic E-state index is 0.119. The molecule has 1 saturated carbocycles. The molecular formula is C15H17FN2O. The summed E-state index contributed by atoms with van der Waals surface area (Å²) in [5.41, 5.74) is 0.380. The minimum Gasteiger partial charge on any atom is -0.339 e. The van der Waals surface area contributed by atoms with E-state index in [2.05, 4.69) is 6.07 Å². The predicted molar refractivity (Wildman–Crippen MR) is 69.9 cm³/mol. The molecule has 1 aromatic carbocycles. The van der Waals surface area contributed by atoms with Gasteiger partial charge in [0.1, 0.15) is 5.82 Å². The van der Waals surface area contributed by atoms with E-state index >= 15 is 0 Å². The van der Waals surface area contributed by atoms with Crippen molar-refractivity contribution in [3.05, 3.63) is 35.6 Å². The molecule has 2 rings (SSSR count). The van der Waals surface area contributed by atoms with Crippen LogP contribution >= 0.6 is 0 Å². The highest BCUT2D eigenvalue weighted by molar-refractivity contribution is 5.94. The van der Waals surface area contributed by atoms with Gasteiger partial charge in [-0.1, -0.05) is 6.07 Å².